The molecule has 0 radical (unpaired) electrons. The molecule has 1 aromatic carbocycles. The maximum atomic E-state index is 13.1. The van der Waals surface area contributed by atoms with Crippen molar-refractivity contribution < 1.29 is 9.53 Å². The molecule has 0 aliphatic carbocycles. The summed E-state index contributed by atoms with van der Waals surface area (Å²) < 4.78 is 5.81. The van der Waals surface area contributed by atoms with Gasteiger partial charge in [0.2, 0.25) is 0 Å². The number of esters is 1. The lowest BCUT2D eigenvalue weighted by atomic mass is 9.91. The van der Waals surface area contributed by atoms with Crippen molar-refractivity contribution >= 4 is 17.3 Å². The summed E-state index contributed by atoms with van der Waals surface area (Å²) in [7, 11) is 2.14. The van der Waals surface area contributed by atoms with Crippen molar-refractivity contribution in [1.29, 1.82) is 0 Å². The van der Waals surface area contributed by atoms with E-state index in [1.54, 1.807) is 11.3 Å². The van der Waals surface area contributed by atoms with Gasteiger partial charge in [0.15, 0.2) is 0 Å². The van der Waals surface area contributed by atoms with Crippen molar-refractivity contribution in [3.8, 4) is 0 Å². The minimum absolute atomic E-state index is 0.194. The molecular weight excluding hydrogens is 356 g/mol. The van der Waals surface area contributed by atoms with E-state index in [2.05, 4.69) is 36.3 Å². The summed E-state index contributed by atoms with van der Waals surface area (Å²) in [5.74, 6) is 0.269. The highest BCUT2D eigenvalue weighted by molar-refractivity contribution is 7.11. The van der Waals surface area contributed by atoms with Gasteiger partial charge in [-0.1, -0.05) is 30.3 Å². The molecule has 0 amide bonds. The largest absolute Gasteiger partial charge is 0.464 e. The minimum atomic E-state index is -0.857. The third-order valence-corrected chi connectivity index (χ3v) is 6.46. The second-order valence-corrected chi connectivity index (χ2v) is 9.07. The van der Waals surface area contributed by atoms with Gasteiger partial charge >= 0.3 is 5.97 Å². The van der Waals surface area contributed by atoms with E-state index in [1.165, 1.54) is 9.75 Å². The Balaban J connectivity index is 1.67. The van der Waals surface area contributed by atoms with Crippen LogP contribution in [0.5, 0.6) is 0 Å². The van der Waals surface area contributed by atoms with Crippen LogP contribution in [0.1, 0.15) is 35.1 Å². The van der Waals surface area contributed by atoms with E-state index < -0.39 is 5.54 Å². The van der Waals surface area contributed by atoms with Crippen molar-refractivity contribution in [2.24, 2.45) is 5.92 Å². The zero-order chi connectivity index (χ0) is 19.3. The smallest absolute Gasteiger partial charge is 0.330 e. The van der Waals surface area contributed by atoms with Crippen LogP contribution in [0.25, 0.3) is 0 Å². The lowest BCUT2D eigenvalue weighted by molar-refractivity contribution is -0.153. The minimum Gasteiger partial charge on any atom is -0.464 e. The summed E-state index contributed by atoms with van der Waals surface area (Å²) in [5, 5.41) is 3.46. The molecule has 1 aliphatic rings. The number of carbonyl (C=O) groups excluding carboxylic acids is 1. The van der Waals surface area contributed by atoms with Gasteiger partial charge in [0.25, 0.3) is 0 Å². The van der Waals surface area contributed by atoms with Crippen LogP contribution in [-0.2, 0) is 21.6 Å². The number of piperidine rings is 1. The molecule has 1 atom stereocenters. The van der Waals surface area contributed by atoms with Gasteiger partial charge < -0.3 is 9.64 Å². The zero-order valence-electron chi connectivity index (χ0n) is 16.5. The van der Waals surface area contributed by atoms with E-state index in [0.717, 1.165) is 31.5 Å². The molecular formula is C22H30N2O2S. The summed E-state index contributed by atoms with van der Waals surface area (Å²) >= 11 is 1.75. The van der Waals surface area contributed by atoms with E-state index >= 15 is 0 Å². The molecule has 2 heterocycles. The predicted molar refractivity (Wildman–Crippen MR) is 111 cm³/mol. The summed E-state index contributed by atoms with van der Waals surface area (Å²) in [6, 6.07) is 14.1. The van der Waals surface area contributed by atoms with Crippen molar-refractivity contribution in [2.75, 3.05) is 26.7 Å². The van der Waals surface area contributed by atoms with Crippen LogP contribution >= 0.6 is 11.3 Å². The normalized spacial score (nSPS) is 18.2. The number of ether oxygens (including phenoxy) is 1. The number of hydrogen-bond acceptors (Lipinski definition) is 5. The number of benzene rings is 1. The summed E-state index contributed by atoms with van der Waals surface area (Å²) in [5.41, 5.74) is 0.0802. The van der Waals surface area contributed by atoms with Gasteiger partial charge in [0.05, 0.1) is 6.61 Å². The molecule has 0 spiro atoms. The van der Waals surface area contributed by atoms with E-state index in [0.29, 0.717) is 19.1 Å². The Morgan fingerprint density at radius 1 is 1.22 bits per heavy atom. The van der Waals surface area contributed by atoms with Crippen LogP contribution < -0.4 is 5.32 Å². The maximum absolute atomic E-state index is 13.1. The highest BCUT2D eigenvalue weighted by Crippen LogP contribution is 2.26. The third kappa shape index (κ3) is 5.18. The first-order valence-electron chi connectivity index (χ1n) is 9.69. The Morgan fingerprint density at radius 3 is 2.56 bits per heavy atom. The van der Waals surface area contributed by atoms with Crippen LogP contribution in [0.2, 0.25) is 0 Å². The fourth-order valence-electron chi connectivity index (χ4n) is 3.47. The van der Waals surface area contributed by atoms with Gasteiger partial charge in [-0.2, -0.15) is 0 Å². The van der Waals surface area contributed by atoms with Crippen molar-refractivity contribution in [2.45, 2.75) is 38.8 Å². The molecule has 4 nitrogen and oxygen atoms in total. The number of aryl methyl sites for hydroxylation is 1. The second-order valence-electron chi connectivity index (χ2n) is 7.70. The molecule has 146 valence electrons. The molecule has 1 saturated heterocycles. The molecule has 1 aromatic heterocycles. The van der Waals surface area contributed by atoms with E-state index in [-0.39, 0.29) is 5.97 Å². The van der Waals surface area contributed by atoms with Crippen molar-refractivity contribution in [3.05, 3.63) is 57.8 Å². The lowest BCUT2D eigenvalue weighted by Crippen LogP contribution is -2.47. The predicted octanol–water partition coefficient (Wildman–Crippen LogP) is 3.95. The topological polar surface area (TPSA) is 41.6 Å². The Labute approximate surface area is 166 Å². The monoisotopic (exact) mass is 386 g/mol. The van der Waals surface area contributed by atoms with Crippen molar-refractivity contribution in [1.82, 2.24) is 10.2 Å². The highest BCUT2D eigenvalue weighted by atomic mass is 32.1. The quantitative estimate of drug-likeness (QED) is 0.732. The molecule has 1 unspecified atom stereocenters. The fraction of sp³-hybridized carbons (Fsp3) is 0.500. The highest BCUT2D eigenvalue weighted by Gasteiger charge is 2.37. The average Bonchev–Trinajstić information content (AvgIpc) is 3.11. The van der Waals surface area contributed by atoms with Gasteiger partial charge in [-0.15, -0.1) is 11.3 Å². The van der Waals surface area contributed by atoms with Gasteiger partial charge in [0.1, 0.15) is 5.54 Å². The molecule has 27 heavy (non-hydrogen) atoms. The first-order chi connectivity index (χ1) is 13.0. The van der Waals surface area contributed by atoms with Crippen LogP contribution in [-0.4, -0.2) is 37.6 Å². The SMILES string of the molecule is Cc1ccc(CNC(C)(C(=O)OCC2CCN(C)CC2)c2ccccc2)s1. The van der Waals surface area contributed by atoms with Gasteiger partial charge in [-0.3, -0.25) is 5.32 Å². The first-order valence-corrected chi connectivity index (χ1v) is 10.5. The molecule has 2 aromatic rings. The molecule has 1 aliphatic heterocycles. The van der Waals surface area contributed by atoms with E-state index in [9.17, 15) is 4.79 Å². The first kappa shape index (κ1) is 20.1. The fourth-order valence-corrected chi connectivity index (χ4v) is 4.30. The average molecular weight is 387 g/mol. The van der Waals surface area contributed by atoms with Crippen LogP contribution in [0, 0.1) is 12.8 Å². The molecule has 5 heteroatoms. The second kappa shape index (κ2) is 9.00. The molecule has 0 bridgehead atoms. The molecule has 1 fully saturated rings. The Morgan fingerprint density at radius 2 is 1.93 bits per heavy atom. The number of likely N-dealkylation sites (tertiary alicyclic amines) is 1. The number of nitrogens with zero attached hydrogens (tertiary/aromatic N) is 1. The Hall–Kier alpha value is -1.69. The van der Waals surface area contributed by atoms with Gasteiger partial charge in [-0.25, -0.2) is 4.79 Å². The molecule has 1 N–H and O–H groups in total. The Kier molecular flexibility index (Phi) is 6.68. The van der Waals surface area contributed by atoms with E-state index in [1.807, 2.05) is 37.3 Å². The van der Waals surface area contributed by atoms with Crippen LogP contribution in [0.3, 0.4) is 0 Å². The van der Waals surface area contributed by atoms with Crippen LogP contribution in [0.15, 0.2) is 42.5 Å². The van der Waals surface area contributed by atoms with E-state index in [4.69, 9.17) is 4.74 Å². The third-order valence-electron chi connectivity index (χ3n) is 5.46. The Bertz CT molecular complexity index is 738. The lowest BCUT2D eigenvalue weighted by Gasteiger charge is -2.32. The number of thiophene rings is 1. The van der Waals surface area contributed by atoms with Gasteiger partial charge in [-0.05, 0) is 70.4 Å². The number of rotatable bonds is 7. The number of carbonyl (C=O) groups is 1. The van der Waals surface area contributed by atoms with Crippen molar-refractivity contribution in [3.63, 3.8) is 0 Å². The summed E-state index contributed by atoms with van der Waals surface area (Å²) in [6.07, 6.45) is 2.18. The molecule has 0 saturated carbocycles. The standard InChI is InChI=1S/C22H30N2O2S/c1-17-9-10-20(27-17)15-23-22(2,19-7-5-4-6-8-19)21(25)26-16-18-11-13-24(3)14-12-18/h4-10,18,23H,11-16H2,1-3H3. The maximum Gasteiger partial charge on any atom is 0.330 e. The molecule has 3 rings (SSSR count). The summed E-state index contributed by atoms with van der Waals surface area (Å²) in [4.78, 5) is 17.9. The zero-order valence-corrected chi connectivity index (χ0v) is 17.3. The van der Waals surface area contributed by atoms with Crippen LogP contribution in [0.4, 0.5) is 0 Å². The number of hydrogen-bond donors (Lipinski definition) is 1. The van der Waals surface area contributed by atoms with Gasteiger partial charge in [0, 0.05) is 16.3 Å². The number of nitrogens with one attached hydrogen (secondary N) is 1. The summed E-state index contributed by atoms with van der Waals surface area (Å²) in [6.45, 7) is 7.34.